The number of anilines is 1. The Bertz CT molecular complexity index is 1160. The highest BCUT2D eigenvalue weighted by molar-refractivity contribution is 7.92. The molecule has 0 aromatic heterocycles. The number of carbonyl (C=O) groups excluding carboxylic acids is 2. The molecule has 0 aliphatic carbocycles. The number of hydrogen-bond donors (Lipinski definition) is 2. The fourth-order valence-electron chi connectivity index (χ4n) is 3.45. The van der Waals surface area contributed by atoms with Crippen LogP contribution < -0.4 is 10.0 Å². The lowest BCUT2D eigenvalue weighted by Gasteiger charge is -2.35. The van der Waals surface area contributed by atoms with Crippen LogP contribution in [0.25, 0.3) is 0 Å². The Hall–Kier alpha value is -3.02. The zero-order valence-corrected chi connectivity index (χ0v) is 16.7. The molecular formula is C19H15F5N2O4S. The van der Waals surface area contributed by atoms with E-state index in [1.54, 1.807) is 11.6 Å². The second-order valence-electron chi connectivity index (χ2n) is 6.89. The third-order valence-corrected chi connectivity index (χ3v) is 6.60. The largest absolute Gasteiger partial charge is 0.296 e. The SMILES string of the molecule is CCC1(c2ccc(NS(=O)(=O)c3c(F)c(F)c(F)c(F)c3F)cc2)CCC(=O)NC1=O. The highest BCUT2D eigenvalue weighted by atomic mass is 32.2. The van der Waals surface area contributed by atoms with Crippen LogP contribution in [0, 0.1) is 29.1 Å². The van der Waals surface area contributed by atoms with Crippen molar-refractivity contribution < 1.29 is 40.0 Å². The fourth-order valence-corrected chi connectivity index (χ4v) is 4.65. The van der Waals surface area contributed by atoms with Crippen LogP contribution in [0.1, 0.15) is 31.7 Å². The molecule has 0 radical (unpaired) electrons. The number of sulfonamides is 1. The molecule has 3 rings (SSSR count). The Morgan fingerprint density at radius 2 is 1.45 bits per heavy atom. The summed E-state index contributed by atoms with van der Waals surface area (Å²) in [5, 5.41) is 2.25. The van der Waals surface area contributed by atoms with Gasteiger partial charge in [-0.2, -0.15) is 0 Å². The van der Waals surface area contributed by atoms with Crippen LogP contribution in [0.3, 0.4) is 0 Å². The van der Waals surface area contributed by atoms with E-state index in [0.717, 1.165) is 0 Å². The molecule has 6 nitrogen and oxygen atoms in total. The smallest absolute Gasteiger partial charge is 0.267 e. The number of amides is 2. The van der Waals surface area contributed by atoms with Crippen molar-refractivity contribution in [3.8, 4) is 0 Å². The number of benzene rings is 2. The van der Waals surface area contributed by atoms with E-state index in [-0.39, 0.29) is 18.5 Å². The number of halogens is 5. The molecule has 2 aromatic carbocycles. The predicted octanol–water partition coefficient (Wildman–Crippen LogP) is 3.27. The maximum atomic E-state index is 13.9. The van der Waals surface area contributed by atoms with Crippen molar-refractivity contribution in [3.63, 3.8) is 0 Å². The molecule has 31 heavy (non-hydrogen) atoms. The number of nitrogens with one attached hydrogen (secondary N) is 2. The minimum absolute atomic E-state index is 0.105. The third-order valence-electron chi connectivity index (χ3n) is 5.20. The van der Waals surface area contributed by atoms with Gasteiger partial charge < -0.3 is 0 Å². The molecule has 1 unspecified atom stereocenters. The van der Waals surface area contributed by atoms with Crippen molar-refractivity contribution in [2.24, 2.45) is 0 Å². The van der Waals surface area contributed by atoms with Crippen LogP contribution in [-0.4, -0.2) is 20.2 Å². The lowest BCUT2D eigenvalue weighted by atomic mass is 9.72. The Kier molecular flexibility index (Phi) is 5.78. The van der Waals surface area contributed by atoms with Gasteiger partial charge in [0.2, 0.25) is 17.6 Å². The molecule has 2 amide bonds. The summed E-state index contributed by atoms with van der Waals surface area (Å²) >= 11 is 0. The second-order valence-corrected chi connectivity index (χ2v) is 8.51. The standard InChI is InChI=1S/C19H15F5N2O4S/c1-2-19(8-7-11(27)25-18(19)28)9-3-5-10(6-4-9)26-31(29,30)17-15(23)13(21)12(20)14(22)16(17)24/h3-6,26H,2,7-8H2,1H3,(H,25,27,28). The summed E-state index contributed by atoms with van der Waals surface area (Å²) in [5.74, 6) is -13.2. The lowest BCUT2D eigenvalue weighted by molar-refractivity contribution is -0.138. The zero-order chi connectivity index (χ0) is 23.1. The van der Waals surface area contributed by atoms with Crippen molar-refractivity contribution in [2.45, 2.75) is 36.5 Å². The van der Waals surface area contributed by atoms with E-state index < -0.39 is 61.2 Å². The first-order valence-electron chi connectivity index (χ1n) is 8.93. The number of hydrogen-bond acceptors (Lipinski definition) is 4. The van der Waals surface area contributed by atoms with Gasteiger partial charge in [0.25, 0.3) is 10.0 Å². The quantitative estimate of drug-likeness (QED) is 0.309. The maximum absolute atomic E-state index is 13.9. The monoisotopic (exact) mass is 462 g/mol. The summed E-state index contributed by atoms with van der Waals surface area (Å²) in [5.41, 5.74) is -0.822. The summed E-state index contributed by atoms with van der Waals surface area (Å²) in [6, 6.07) is 5.07. The molecule has 1 aliphatic rings. The fraction of sp³-hybridized carbons (Fsp3) is 0.263. The van der Waals surface area contributed by atoms with E-state index in [1.807, 2.05) is 0 Å². The molecule has 166 valence electrons. The predicted molar refractivity (Wildman–Crippen MR) is 97.8 cm³/mol. The highest BCUT2D eigenvalue weighted by Crippen LogP contribution is 2.36. The Morgan fingerprint density at radius 3 is 1.94 bits per heavy atom. The summed E-state index contributed by atoms with van der Waals surface area (Å²) in [6.07, 6.45) is 0.666. The van der Waals surface area contributed by atoms with Crippen molar-refractivity contribution >= 4 is 27.5 Å². The van der Waals surface area contributed by atoms with E-state index in [2.05, 4.69) is 5.32 Å². The molecule has 2 N–H and O–H groups in total. The number of imide groups is 1. The average molecular weight is 462 g/mol. The van der Waals surface area contributed by atoms with E-state index >= 15 is 0 Å². The van der Waals surface area contributed by atoms with Crippen molar-refractivity contribution in [2.75, 3.05) is 4.72 Å². The molecule has 1 fully saturated rings. The van der Waals surface area contributed by atoms with Gasteiger partial charge in [0.05, 0.1) is 5.41 Å². The van der Waals surface area contributed by atoms with E-state index in [9.17, 15) is 40.0 Å². The second kappa shape index (κ2) is 7.91. The van der Waals surface area contributed by atoms with Crippen molar-refractivity contribution in [1.82, 2.24) is 5.32 Å². The van der Waals surface area contributed by atoms with Crippen LogP contribution in [0.4, 0.5) is 27.6 Å². The van der Waals surface area contributed by atoms with Crippen LogP contribution in [0.5, 0.6) is 0 Å². The molecule has 0 spiro atoms. The maximum Gasteiger partial charge on any atom is 0.267 e. The van der Waals surface area contributed by atoms with E-state index in [4.69, 9.17) is 0 Å². The molecule has 0 saturated carbocycles. The first-order valence-corrected chi connectivity index (χ1v) is 10.4. The van der Waals surface area contributed by atoms with Gasteiger partial charge in [-0.3, -0.25) is 19.6 Å². The van der Waals surface area contributed by atoms with E-state index in [0.29, 0.717) is 12.0 Å². The summed E-state index contributed by atoms with van der Waals surface area (Å²) in [7, 11) is -5.18. The van der Waals surface area contributed by atoms with Crippen LogP contribution in [0.2, 0.25) is 0 Å². The Balaban J connectivity index is 1.95. The van der Waals surface area contributed by atoms with Gasteiger partial charge in [-0.25, -0.2) is 30.4 Å². The Morgan fingerprint density at radius 1 is 0.935 bits per heavy atom. The first-order chi connectivity index (χ1) is 14.4. The van der Waals surface area contributed by atoms with Crippen molar-refractivity contribution in [1.29, 1.82) is 0 Å². The summed E-state index contributed by atoms with van der Waals surface area (Å²) in [6.45, 7) is 1.73. The van der Waals surface area contributed by atoms with Crippen LogP contribution in [0.15, 0.2) is 29.2 Å². The highest BCUT2D eigenvalue weighted by Gasteiger charge is 2.42. The van der Waals surface area contributed by atoms with E-state index in [1.165, 1.54) is 24.3 Å². The van der Waals surface area contributed by atoms with Gasteiger partial charge in [-0.05, 0) is 30.5 Å². The first kappa shape index (κ1) is 22.7. The van der Waals surface area contributed by atoms with Crippen molar-refractivity contribution in [3.05, 3.63) is 58.9 Å². The Labute approximate surface area is 173 Å². The zero-order valence-electron chi connectivity index (χ0n) is 15.9. The minimum atomic E-state index is -5.18. The van der Waals surface area contributed by atoms with Gasteiger partial charge in [0.1, 0.15) is 0 Å². The summed E-state index contributed by atoms with van der Waals surface area (Å²) < 4.78 is 94.0. The summed E-state index contributed by atoms with van der Waals surface area (Å²) in [4.78, 5) is 21.8. The van der Waals surface area contributed by atoms with Gasteiger partial charge in [-0.1, -0.05) is 19.1 Å². The minimum Gasteiger partial charge on any atom is -0.296 e. The molecule has 0 bridgehead atoms. The van der Waals surface area contributed by atoms with Gasteiger partial charge in [0.15, 0.2) is 28.2 Å². The van der Waals surface area contributed by atoms with Gasteiger partial charge in [0, 0.05) is 12.1 Å². The van der Waals surface area contributed by atoms with Gasteiger partial charge in [-0.15, -0.1) is 0 Å². The molecular weight excluding hydrogens is 447 g/mol. The number of carbonyl (C=O) groups is 2. The molecule has 1 atom stereocenters. The number of piperidine rings is 1. The third kappa shape index (κ3) is 3.75. The average Bonchev–Trinajstić information content (AvgIpc) is 2.72. The van der Waals surface area contributed by atoms with Crippen LogP contribution in [-0.2, 0) is 25.0 Å². The molecule has 1 heterocycles. The molecule has 1 saturated heterocycles. The number of rotatable bonds is 5. The topological polar surface area (TPSA) is 92.3 Å². The lowest BCUT2D eigenvalue weighted by Crippen LogP contribution is -2.51. The van der Waals surface area contributed by atoms with Crippen LogP contribution >= 0.6 is 0 Å². The molecule has 2 aromatic rings. The van der Waals surface area contributed by atoms with Gasteiger partial charge >= 0.3 is 0 Å². The molecule has 12 heteroatoms. The normalized spacial score (nSPS) is 19.3. The molecule has 1 aliphatic heterocycles.